The van der Waals surface area contributed by atoms with Crippen LogP contribution in [0.1, 0.15) is 24.1 Å². The van der Waals surface area contributed by atoms with Gasteiger partial charge in [-0.1, -0.05) is 17.7 Å². The second kappa shape index (κ2) is 4.74. The number of aromatic nitrogens is 3. The molecule has 0 bridgehead atoms. The van der Waals surface area contributed by atoms with E-state index in [-0.39, 0.29) is 0 Å². The zero-order chi connectivity index (χ0) is 14.4. The highest BCUT2D eigenvalue weighted by Crippen LogP contribution is 2.32. The van der Waals surface area contributed by atoms with Crippen molar-refractivity contribution in [2.75, 3.05) is 5.73 Å². The lowest BCUT2D eigenvalue weighted by Crippen LogP contribution is -2.10. The van der Waals surface area contributed by atoms with Crippen LogP contribution in [0.4, 0.5) is 5.69 Å². The molecule has 2 aromatic heterocycles. The van der Waals surface area contributed by atoms with Gasteiger partial charge in [-0.15, -0.1) is 0 Å². The number of nitrogens with zero attached hydrogens (tertiary/aromatic N) is 3. The summed E-state index contributed by atoms with van der Waals surface area (Å²) < 4.78 is 1.81. The van der Waals surface area contributed by atoms with Crippen LogP contribution in [0.25, 0.3) is 16.7 Å². The normalized spacial score (nSPS) is 14.3. The monoisotopic (exact) mass is 298 g/mol. The Kier molecular flexibility index (Phi) is 2.86. The second-order valence-corrected chi connectivity index (χ2v) is 5.87. The molecule has 0 unspecified atom stereocenters. The van der Waals surface area contributed by atoms with Crippen molar-refractivity contribution in [3.8, 4) is 5.69 Å². The first-order valence-electron chi connectivity index (χ1n) is 7.15. The highest BCUT2D eigenvalue weighted by atomic mass is 35.5. The number of halogens is 1. The maximum Gasteiger partial charge on any atom is 0.165 e. The summed E-state index contributed by atoms with van der Waals surface area (Å²) in [7, 11) is 0. The van der Waals surface area contributed by atoms with Crippen LogP contribution >= 0.6 is 11.6 Å². The number of nitrogen functional groups attached to an aromatic ring is 1. The molecule has 0 saturated carbocycles. The molecule has 1 aliphatic carbocycles. The van der Waals surface area contributed by atoms with Crippen LogP contribution in [0.3, 0.4) is 0 Å². The maximum absolute atomic E-state index is 6.34. The van der Waals surface area contributed by atoms with Gasteiger partial charge < -0.3 is 5.73 Å². The molecule has 0 amide bonds. The van der Waals surface area contributed by atoms with Gasteiger partial charge in [-0.2, -0.15) is 5.10 Å². The molecule has 4 nitrogen and oxygen atoms in total. The summed E-state index contributed by atoms with van der Waals surface area (Å²) in [5, 5.41) is 6.06. The van der Waals surface area contributed by atoms with Gasteiger partial charge >= 0.3 is 0 Å². The first kappa shape index (κ1) is 12.7. The number of nitrogens with two attached hydrogens (primary N) is 1. The Morgan fingerprint density at radius 1 is 1.19 bits per heavy atom. The summed E-state index contributed by atoms with van der Waals surface area (Å²) in [5.41, 5.74) is 11.2. The molecule has 0 fully saturated rings. The molecule has 1 aliphatic rings. The van der Waals surface area contributed by atoms with Crippen molar-refractivity contribution in [1.82, 2.24) is 14.8 Å². The third-order valence-electron chi connectivity index (χ3n) is 4.09. The fourth-order valence-electron chi connectivity index (χ4n) is 3.03. The lowest BCUT2D eigenvalue weighted by molar-refractivity contribution is 0.671. The summed E-state index contributed by atoms with van der Waals surface area (Å²) in [6, 6.07) is 7.61. The molecule has 5 heteroatoms. The highest BCUT2D eigenvalue weighted by molar-refractivity contribution is 6.30. The van der Waals surface area contributed by atoms with Gasteiger partial charge in [0.15, 0.2) is 5.65 Å². The minimum atomic E-state index is 0.682. The zero-order valence-corrected chi connectivity index (χ0v) is 12.3. The number of pyridine rings is 1. The molecular formula is C16H15ClN4. The standard InChI is InChI=1S/C16H15ClN4/c17-10-4-3-5-11(8-10)21-16-13(9-19-21)15(18)12-6-1-2-7-14(12)20-16/h3-5,8-9H,1-2,6-7H2,(H2,18,20). The lowest BCUT2D eigenvalue weighted by Gasteiger charge is -2.17. The van der Waals surface area contributed by atoms with E-state index in [1.807, 2.05) is 28.9 Å². The SMILES string of the molecule is Nc1c2c(nc3c1cnn3-c1cccc(Cl)c1)CCCC2. The summed E-state index contributed by atoms with van der Waals surface area (Å²) in [6.45, 7) is 0. The van der Waals surface area contributed by atoms with E-state index in [2.05, 4.69) is 5.10 Å². The topological polar surface area (TPSA) is 56.7 Å². The van der Waals surface area contributed by atoms with E-state index in [1.165, 1.54) is 18.4 Å². The van der Waals surface area contributed by atoms with Crippen molar-refractivity contribution in [3.05, 3.63) is 46.7 Å². The molecule has 3 aromatic rings. The van der Waals surface area contributed by atoms with Crippen LogP contribution in [-0.2, 0) is 12.8 Å². The molecule has 0 atom stereocenters. The maximum atomic E-state index is 6.34. The van der Waals surface area contributed by atoms with E-state index in [1.54, 1.807) is 6.20 Å². The van der Waals surface area contributed by atoms with Crippen LogP contribution in [0.2, 0.25) is 5.02 Å². The Morgan fingerprint density at radius 3 is 2.90 bits per heavy atom. The highest BCUT2D eigenvalue weighted by Gasteiger charge is 2.19. The van der Waals surface area contributed by atoms with Crippen LogP contribution in [0.15, 0.2) is 30.5 Å². The fraction of sp³-hybridized carbons (Fsp3) is 0.250. The minimum Gasteiger partial charge on any atom is -0.398 e. The van der Waals surface area contributed by atoms with Gasteiger partial charge in [0.05, 0.1) is 17.3 Å². The summed E-state index contributed by atoms with van der Waals surface area (Å²) in [6.07, 6.45) is 6.18. The van der Waals surface area contributed by atoms with Gasteiger partial charge in [-0.05, 0) is 49.4 Å². The van der Waals surface area contributed by atoms with Crippen molar-refractivity contribution in [3.63, 3.8) is 0 Å². The number of hydrogen-bond donors (Lipinski definition) is 1. The van der Waals surface area contributed by atoms with Gasteiger partial charge in [-0.3, -0.25) is 0 Å². The molecule has 0 saturated heterocycles. The van der Waals surface area contributed by atoms with Gasteiger partial charge in [0.1, 0.15) is 0 Å². The summed E-state index contributed by atoms with van der Waals surface area (Å²) in [4.78, 5) is 4.82. The third-order valence-corrected chi connectivity index (χ3v) is 4.33. The van der Waals surface area contributed by atoms with Gasteiger partial charge in [0.25, 0.3) is 0 Å². The van der Waals surface area contributed by atoms with E-state index in [0.717, 1.165) is 40.9 Å². The molecule has 21 heavy (non-hydrogen) atoms. The number of anilines is 1. The Balaban J connectivity index is 1.98. The van der Waals surface area contributed by atoms with E-state index in [4.69, 9.17) is 22.3 Å². The van der Waals surface area contributed by atoms with Crippen LogP contribution < -0.4 is 5.73 Å². The van der Waals surface area contributed by atoms with E-state index < -0.39 is 0 Å². The predicted octanol–water partition coefficient (Wildman–Crippen LogP) is 3.53. The predicted molar refractivity (Wildman–Crippen MR) is 84.9 cm³/mol. The number of benzene rings is 1. The fourth-order valence-corrected chi connectivity index (χ4v) is 3.21. The molecule has 2 N–H and O–H groups in total. The average Bonchev–Trinajstić information content (AvgIpc) is 2.92. The van der Waals surface area contributed by atoms with E-state index >= 15 is 0 Å². The van der Waals surface area contributed by atoms with Gasteiger partial charge in [0.2, 0.25) is 0 Å². The molecule has 0 spiro atoms. The molecule has 2 heterocycles. The Hall–Kier alpha value is -2.07. The number of aryl methyl sites for hydroxylation is 1. The number of hydrogen-bond acceptors (Lipinski definition) is 3. The molecule has 106 valence electrons. The molecule has 0 radical (unpaired) electrons. The summed E-state index contributed by atoms with van der Waals surface area (Å²) >= 11 is 6.07. The Morgan fingerprint density at radius 2 is 2.05 bits per heavy atom. The molecule has 0 aliphatic heterocycles. The Bertz CT molecular complexity index is 838. The van der Waals surface area contributed by atoms with Gasteiger partial charge in [0, 0.05) is 16.4 Å². The smallest absolute Gasteiger partial charge is 0.165 e. The molecule has 4 rings (SSSR count). The number of rotatable bonds is 1. The number of fused-ring (bicyclic) bond motifs is 2. The van der Waals surface area contributed by atoms with E-state index in [9.17, 15) is 0 Å². The van der Waals surface area contributed by atoms with E-state index in [0.29, 0.717) is 5.02 Å². The van der Waals surface area contributed by atoms with Crippen LogP contribution in [-0.4, -0.2) is 14.8 Å². The zero-order valence-electron chi connectivity index (χ0n) is 11.5. The van der Waals surface area contributed by atoms with Crippen molar-refractivity contribution < 1.29 is 0 Å². The second-order valence-electron chi connectivity index (χ2n) is 5.43. The van der Waals surface area contributed by atoms with Crippen molar-refractivity contribution in [2.24, 2.45) is 0 Å². The molecule has 1 aromatic carbocycles. The van der Waals surface area contributed by atoms with Crippen molar-refractivity contribution in [2.45, 2.75) is 25.7 Å². The van der Waals surface area contributed by atoms with Crippen LogP contribution in [0, 0.1) is 0 Å². The lowest BCUT2D eigenvalue weighted by atomic mass is 9.94. The average molecular weight is 299 g/mol. The third kappa shape index (κ3) is 1.98. The molecular weight excluding hydrogens is 284 g/mol. The van der Waals surface area contributed by atoms with Gasteiger partial charge in [-0.25, -0.2) is 9.67 Å². The first-order valence-corrected chi connectivity index (χ1v) is 7.53. The largest absolute Gasteiger partial charge is 0.398 e. The summed E-state index contributed by atoms with van der Waals surface area (Å²) in [5.74, 6) is 0. The quantitative estimate of drug-likeness (QED) is 0.747. The minimum absolute atomic E-state index is 0.682. The van der Waals surface area contributed by atoms with Crippen molar-refractivity contribution >= 4 is 28.3 Å². The van der Waals surface area contributed by atoms with Crippen molar-refractivity contribution in [1.29, 1.82) is 0 Å². The van der Waals surface area contributed by atoms with Crippen LogP contribution in [0.5, 0.6) is 0 Å². The Labute approximate surface area is 127 Å². The first-order chi connectivity index (χ1) is 10.2.